The lowest BCUT2D eigenvalue weighted by molar-refractivity contribution is 0.0718. The summed E-state index contributed by atoms with van der Waals surface area (Å²) in [7, 11) is -3.37. The van der Waals surface area contributed by atoms with E-state index in [0.717, 1.165) is 11.8 Å². The summed E-state index contributed by atoms with van der Waals surface area (Å²) in [5.74, 6) is 0.729. The van der Waals surface area contributed by atoms with Gasteiger partial charge in [0, 0.05) is 35.9 Å². The number of benzene rings is 2. The van der Waals surface area contributed by atoms with Gasteiger partial charge in [-0.25, -0.2) is 8.42 Å². The molecule has 0 radical (unpaired) electrons. The molecule has 8 heteroatoms. The number of ether oxygens (including phenoxy) is 2. The molecule has 1 aromatic heterocycles. The van der Waals surface area contributed by atoms with Gasteiger partial charge in [-0.05, 0) is 19.1 Å². The first-order valence-electron chi connectivity index (χ1n) is 9.72. The highest BCUT2D eigenvalue weighted by Gasteiger charge is 2.27. The number of sulfone groups is 1. The van der Waals surface area contributed by atoms with Crippen LogP contribution in [0.4, 0.5) is 0 Å². The van der Waals surface area contributed by atoms with Crippen molar-refractivity contribution in [2.24, 2.45) is 0 Å². The summed E-state index contributed by atoms with van der Waals surface area (Å²) < 4.78 is 41.2. The monoisotopic (exact) mass is 429 g/mol. The van der Waals surface area contributed by atoms with Gasteiger partial charge >= 0.3 is 0 Å². The average molecular weight is 429 g/mol. The number of hydrogen-bond donors (Lipinski definition) is 0. The third-order valence-corrected chi connectivity index (χ3v) is 5.79. The summed E-state index contributed by atoms with van der Waals surface area (Å²) in [4.78, 5) is 15.0. The minimum absolute atomic E-state index is 0.0606. The molecule has 2 heterocycles. The fourth-order valence-electron chi connectivity index (χ4n) is 3.61. The van der Waals surface area contributed by atoms with Crippen LogP contribution in [0.25, 0.3) is 11.0 Å². The summed E-state index contributed by atoms with van der Waals surface area (Å²) in [6.45, 7) is 3.51. The lowest BCUT2D eigenvalue weighted by Gasteiger charge is -2.25. The second-order valence-corrected chi connectivity index (χ2v) is 9.38. The Morgan fingerprint density at radius 1 is 1.07 bits per heavy atom. The molecule has 1 amide bonds. The summed E-state index contributed by atoms with van der Waals surface area (Å²) in [6.07, 6.45) is 1.15. The number of para-hydroxylation sites is 2. The molecule has 1 aliphatic rings. The fourth-order valence-corrected chi connectivity index (χ4v) is 4.42. The molecule has 30 heavy (non-hydrogen) atoms. The largest absolute Gasteiger partial charge is 0.486 e. The lowest BCUT2D eigenvalue weighted by Crippen LogP contribution is -2.31. The first kappa shape index (κ1) is 20.3. The van der Waals surface area contributed by atoms with E-state index in [1.165, 1.54) is 0 Å². The first-order chi connectivity index (χ1) is 14.4. The molecule has 4 rings (SSSR count). The van der Waals surface area contributed by atoms with Crippen LogP contribution in [0.1, 0.15) is 28.6 Å². The Bertz CT molecular complexity index is 1200. The van der Waals surface area contributed by atoms with Gasteiger partial charge in [-0.3, -0.25) is 4.79 Å². The lowest BCUT2D eigenvalue weighted by atomic mass is 10.1. The highest BCUT2D eigenvalue weighted by molar-refractivity contribution is 7.89. The van der Waals surface area contributed by atoms with E-state index in [1.807, 2.05) is 25.1 Å². The standard InChI is InChI=1S/C22H23NO6S/c1-3-23(13-15-7-6-10-19-20(15)28-12-11-27-19)22(24)21-17(14-30(2,25)26)16-8-4-5-9-18(16)29-21/h4-10H,3,11-14H2,1-2H3. The van der Waals surface area contributed by atoms with Crippen molar-refractivity contribution >= 4 is 26.7 Å². The predicted molar refractivity (Wildman–Crippen MR) is 113 cm³/mol. The molecule has 0 fully saturated rings. The molecular weight excluding hydrogens is 406 g/mol. The van der Waals surface area contributed by atoms with Crippen molar-refractivity contribution in [3.8, 4) is 11.5 Å². The second kappa shape index (κ2) is 8.02. The SMILES string of the molecule is CCN(Cc1cccc2c1OCCO2)C(=O)c1oc2ccccc2c1CS(C)(=O)=O. The molecule has 0 aliphatic carbocycles. The van der Waals surface area contributed by atoms with Crippen molar-refractivity contribution in [3.05, 3.63) is 59.4 Å². The van der Waals surface area contributed by atoms with E-state index in [2.05, 4.69) is 0 Å². The average Bonchev–Trinajstić information content (AvgIpc) is 3.08. The number of nitrogens with zero attached hydrogens (tertiary/aromatic N) is 1. The van der Waals surface area contributed by atoms with Gasteiger partial charge in [-0.2, -0.15) is 0 Å². The second-order valence-electron chi connectivity index (χ2n) is 7.24. The molecule has 2 aromatic carbocycles. The summed E-state index contributed by atoms with van der Waals surface area (Å²) in [6, 6.07) is 12.7. The predicted octanol–water partition coefficient (Wildman–Crippen LogP) is 3.41. The van der Waals surface area contributed by atoms with Crippen LogP contribution in [-0.4, -0.2) is 45.2 Å². The van der Waals surface area contributed by atoms with Gasteiger partial charge < -0.3 is 18.8 Å². The maximum Gasteiger partial charge on any atom is 0.290 e. The molecule has 0 N–H and O–H groups in total. The van der Waals surface area contributed by atoms with E-state index < -0.39 is 9.84 Å². The van der Waals surface area contributed by atoms with Crippen molar-refractivity contribution in [2.75, 3.05) is 26.0 Å². The fraction of sp³-hybridized carbons (Fsp3) is 0.318. The number of carbonyl (C=O) groups is 1. The quantitative estimate of drug-likeness (QED) is 0.597. The van der Waals surface area contributed by atoms with E-state index in [0.29, 0.717) is 47.8 Å². The maximum atomic E-state index is 13.4. The zero-order valence-electron chi connectivity index (χ0n) is 16.9. The summed E-state index contributed by atoms with van der Waals surface area (Å²) in [5.41, 5.74) is 1.71. The van der Waals surface area contributed by atoms with Crippen LogP contribution in [0.15, 0.2) is 46.9 Å². The zero-order chi connectivity index (χ0) is 21.3. The number of furan rings is 1. The molecular formula is C22H23NO6S. The topological polar surface area (TPSA) is 86.1 Å². The van der Waals surface area contributed by atoms with E-state index in [9.17, 15) is 13.2 Å². The Morgan fingerprint density at radius 3 is 2.60 bits per heavy atom. The van der Waals surface area contributed by atoms with Gasteiger partial charge in [-0.1, -0.05) is 30.3 Å². The van der Waals surface area contributed by atoms with Gasteiger partial charge in [0.05, 0.1) is 5.75 Å². The Balaban J connectivity index is 1.71. The molecule has 1 aliphatic heterocycles. The molecule has 0 bridgehead atoms. The Hall–Kier alpha value is -3.00. The first-order valence-corrected chi connectivity index (χ1v) is 11.8. The number of amides is 1. The van der Waals surface area contributed by atoms with Gasteiger partial charge in [0.1, 0.15) is 18.8 Å². The Kier molecular flexibility index (Phi) is 5.42. The molecule has 3 aromatic rings. The molecule has 0 spiro atoms. The van der Waals surface area contributed by atoms with Gasteiger partial charge in [0.2, 0.25) is 0 Å². The molecule has 0 saturated carbocycles. The third-order valence-electron chi connectivity index (χ3n) is 4.98. The van der Waals surface area contributed by atoms with Crippen LogP contribution >= 0.6 is 0 Å². The van der Waals surface area contributed by atoms with E-state index in [-0.39, 0.29) is 24.0 Å². The normalized spacial score (nSPS) is 13.4. The van der Waals surface area contributed by atoms with Crippen molar-refractivity contribution in [2.45, 2.75) is 19.2 Å². The van der Waals surface area contributed by atoms with Crippen molar-refractivity contribution < 1.29 is 27.1 Å². The van der Waals surface area contributed by atoms with Gasteiger partial charge in [0.15, 0.2) is 27.1 Å². The van der Waals surface area contributed by atoms with E-state index >= 15 is 0 Å². The zero-order valence-corrected chi connectivity index (χ0v) is 17.7. The minimum atomic E-state index is -3.37. The van der Waals surface area contributed by atoms with E-state index in [1.54, 1.807) is 29.2 Å². The van der Waals surface area contributed by atoms with Crippen LogP contribution in [0.2, 0.25) is 0 Å². The number of hydrogen-bond acceptors (Lipinski definition) is 6. The van der Waals surface area contributed by atoms with Crippen LogP contribution in [0.5, 0.6) is 11.5 Å². The van der Waals surface area contributed by atoms with Crippen LogP contribution in [-0.2, 0) is 22.1 Å². The highest BCUT2D eigenvalue weighted by atomic mass is 32.2. The Labute approximate surface area is 175 Å². The minimum Gasteiger partial charge on any atom is -0.486 e. The molecule has 0 saturated heterocycles. The van der Waals surface area contributed by atoms with Gasteiger partial charge in [-0.15, -0.1) is 0 Å². The van der Waals surface area contributed by atoms with Crippen molar-refractivity contribution in [1.82, 2.24) is 4.90 Å². The summed E-state index contributed by atoms with van der Waals surface area (Å²) in [5, 5.41) is 0.635. The highest BCUT2D eigenvalue weighted by Crippen LogP contribution is 2.35. The molecule has 0 atom stereocenters. The smallest absolute Gasteiger partial charge is 0.290 e. The maximum absolute atomic E-state index is 13.4. The van der Waals surface area contributed by atoms with Crippen LogP contribution < -0.4 is 9.47 Å². The number of fused-ring (bicyclic) bond motifs is 2. The van der Waals surface area contributed by atoms with Gasteiger partial charge in [0.25, 0.3) is 5.91 Å². The third kappa shape index (κ3) is 4.00. The molecule has 7 nitrogen and oxygen atoms in total. The number of carbonyl (C=O) groups excluding carboxylic acids is 1. The van der Waals surface area contributed by atoms with Crippen molar-refractivity contribution in [1.29, 1.82) is 0 Å². The van der Waals surface area contributed by atoms with Crippen molar-refractivity contribution in [3.63, 3.8) is 0 Å². The number of rotatable bonds is 6. The summed E-state index contributed by atoms with van der Waals surface area (Å²) >= 11 is 0. The van der Waals surface area contributed by atoms with Crippen LogP contribution in [0, 0.1) is 0 Å². The molecule has 158 valence electrons. The molecule has 0 unspecified atom stereocenters. The van der Waals surface area contributed by atoms with E-state index in [4.69, 9.17) is 13.9 Å². The van der Waals surface area contributed by atoms with Crippen LogP contribution in [0.3, 0.4) is 0 Å². The Morgan fingerprint density at radius 2 is 1.83 bits per heavy atom.